The van der Waals surface area contributed by atoms with Gasteiger partial charge in [-0.1, -0.05) is 0 Å². The molecule has 3 heterocycles. The molecule has 2 aromatic heterocycles. The molecule has 0 radical (unpaired) electrons. The Kier molecular flexibility index (Phi) is 3.60. The molecule has 1 fully saturated rings. The lowest BCUT2D eigenvalue weighted by molar-refractivity contribution is 0.182. The number of piperazine rings is 1. The van der Waals surface area contributed by atoms with Gasteiger partial charge in [0.15, 0.2) is 4.96 Å². The van der Waals surface area contributed by atoms with Crippen molar-refractivity contribution in [2.45, 2.75) is 33.2 Å². The summed E-state index contributed by atoms with van der Waals surface area (Å²) in [6.45, 7) is 11.2. The van der Waals surface area contributed by atoms with E-state index in [0.29, 0.717) is 6.04 Å². The fourth-order valence-electron chi connectivity index (χ4n) is 2.94. The molecular formula is C14H22N4S. The molecule has 0 aromatic carbocycles. The number of rotatable bonds is 3. The van der Waals surface area contributed by atoms with Crippen molar-refractivity contribution in [1.29, 1.82) is 0 Å². The van der Waals surface area contributed by atoms with Crippen LogP contribution in [0.5, 0.6) is 0 Å². The van der Waals surface area contributed by atoms with Crippen LogP contribution < -0.4 is 5.32 Å². The maximum absolute atomic E-state index is 4.68. The van der Waals surface area contributed by atoms with E-state index < -0.39 is 0 Å². The van der Waals surface area contributed by atoms with Gasteiger partial charge in [0, 0.05) is 55.4 Å². The van der Waals surface area contributed by atoms with Gasteiger partial charge in [0.05, 0.1) is 5.69 Å². The van der Waals surface area contributed by atoms with Gasteiger partial charge in [0.2, 0.25) is 0 Å². The zero-order valence-electron chi connectivity index (χ0n) is 11.9. The highest BCUT2D eigenvalue weighted by Gasteiger charge is 2.20. The summed E-state index contributed by atoms with van der Waals surface area (Å²) in [6.07, 6.45) is 1.09. The molecule has 0 spiro atoms. The van der Waals surface area contributed by atoms with Gasteiger partial charge in [-0.15, -0.1) is 11.3 Å². The first-order valence-electron chi connectivity index (χ1n) is 7.03. The van der Waals surface area contributed by atoms with Crippen LogP contribution in [0.15, 0.2) is 5.38 Å². The number of aryl methyl sites for hydroxylation is 2. The van der Waals surface area contributed by atoms with E-state index in [9.17, 15) is 0 Å². The second-order valence-electron chi connectivity index (χ2n) is 5.48. The molecule has 0 amide bonds. The molecule has 3 rings (SSSR count). The molecule has 1 atom stereocenters. The number of fused-ring (bicyclic) bond motifs is 1. The van der Waals surface area contributed by atoms with Crippen LogP contribution in [0.2, 0.25) is 0 Å². The summed E-state index contributed by atoms with van der Waals surface area (Å²) in [7, 11) is 0. The lowest BCUT2D eigenvalue weighted by atomic mass is 10.1. The first-order chi connectivity index (χ1) is 9.16. The minimum absolute atomic E-state index is 0.583. The van der Waals surface area contributed by atoms with Gasteiger partial charge in [0.25, 0.3) is 0 Å². The Morgan fingerprint density at radius 1 is 1.37 bits per heavy atom. The number of thiazole rings is 1. The fourth-order valence-corrected chi connectivity index (χ4v) is 3.87. The average Bonchev–Trinajstić information content (AvgIpc) is 2.92. The SMILES string of the molecule is Cc1nc2scc(C)n2c1CC(C)N1CCNCC1. The predicted molar refractivity (Wildman–Crippen MR) is 80.2 cm³/mol. The Hall–Kier alpha value is -0.910. The number of imidazole rings is 1. The monoisotopic (exact) mass is 278 g/mol. The molecule has 1 unspecified atom stereocenters. The molecule has 1 N–H and O–H groups in total. The van der Waals surface area contributed by atoms with E-state index in [-0.39, 0.29) is 0 Å². The van der Waals surface area contributed by atoms with Crippen molar-refractivity contribution >= 4 is 16.3 Å². The third kappa shape index (κ3) is 2.42. The molecular weight excluding hydrogens is 256 g/mol. The molecule has 5 heteroatoms. The standard InChI is InChI=1S/C14H22N4S/c1-10(17-6-4-15-5-7-17)8-13-12(3)16-14-18(13)11(2)9-19-14/h9-10,15H,4-8H2,1-3H3. The smallest absolute Gasteiger partial charge is 0.194 e. The molecule has 0 saturated carbocycles. The maximum Gasteiger partial charge on any atom is 0.194 e. The third-order valence-corrected chi connectivity index (χ3v) is 5.04. The zero-order valence-corrected chi connectivity index (χ0v) is 12.8. The Morgan fingerprint density at radius 3 is 2.84 bits per heavy atom. The van der Waals surface area contributed by atoms with Gasteiger partial charge in [-0.2, -0.15) is 0 Å². The minimum Gasteiger partial charge on any atom is -0.314 e. The molecule has 2 aromatic rings. The van der Waals surface area contributed by atoms with E-state index in [1.54, 1.807) is 11.3 Å². The highest BCUT2D eigenvalue weighted by atomic mass is 32.1. The number of hydrogen-bond acceptors (Lipinski definition) is 4. The molecule has 104 valence electrons. The summed E-state index contributed by atoms with van der Waals surface area (Å²) in [5, 5.41) is 5.61. The van der Waals surface area contributed by atoms with E-state index in [4.69, 9.17) is 0 Å². The van der Waals surface area contributed by atoms with E-state index in [0.717, 1.165) is 37.6 Å². The first kappa shape index (κ1) is 13.1. The third-order valence-electron chi connectivity index (χ3n) is 4.09. The van der Waals surface area contributed by atoms with Crippen LogP contribution in [0.1, 0.15) is 24.0 Å². The van der Waals surface area contributed by atoms with Crippen molar-refractivity contribution in [1.82, 2.24) is 19.6 Å². The number of nitrogens with one attached hydrogen (secondary N) is 1. The summed E-state index contributed by atoms with van der Waals surface area (Å²) in [6, 6.07) is 0.583. The summed E-state index contributed by atoms with van der Waals surface area (Å²) in [5.74, 6) is 0. The molecule has 0 aliphatic carbocycles. The molecule has 1 aliphatic rings. The average molecular weight is 278 g/mol. The normalized spacial score (nSPS) is 19.1. The molecule has 1 aliphatic heterocycles. The van der Waals surface area contributed by atoms with E-state index in [1.165, 1.54) is 17.1 Å². The highest BCUT2D eigenvalue weighted by Crippen LogP contribution is 2.22. The maximum atomic E-state index is 4.68. The molecule has 1 saturated heterocycles. The van der Waals surface area contributed by atoms with Gasteiger partial charge in [-0.3, -0.25) is 9.30 Å². The summed E-state index contributed by atoms with van der Waals surface area (Å²) in [4.78, 5) is 8.40. The molecule has 19 heavy (non-hydrogen) atoms. The van der Waals surface area contributed by atoms with Crippen molar-refractivity contribution in [3.8, 4) is 0 Å². The van der Waals surface area contributed by atoms with Crippen molar-refractivity contribution in [2.24, 2.45) is 0 Å². The van der Waals surface area contributed by atoms with Crippen molar-refractivity contribution in [3.05, 3.63) is 22.5 Å². The Labute approximate surface area is 118 Å². The molecule has 0 bridgehead atoms. The topological polar surface area (TPSA) is 32.6 Å². The second-order valence-corrected chi connectivity index (χ2v) is 6.31. The zero-order chi connectivity index (χ0) is 13.4. The lowest BCUT2D eigenvalue weighted by Gasteiger charge is -2.32. The van der Waals surface area contributed by atoms with Crippen LogP contribution in [-0.2, 0) is 6.42 Å². The van der Waals surface area contributed by atoms with Crippen LogP contribution in [0.25, 0.3) is 4.96 Å². The number of aromatic nitrogens is 2. The lowest BCUT2D eigenvalue weighted by Crippen LogP contribution is -2.48. The van der Waals surface area contributed by atoms with Gasteiger partial charge in [-0.25, -0.2) is 4.98 Å². The van der Waals surface area contributed by atoms with Crippen LogP contribution in [0.4, 0.5) is 0 Å². The Morgan fingerprint density at radius 2 is 2.11 bits per heavy atom. The van der Waals surface area contributed by atoms with E-state index in [1.807, 2.05) is 0 Å². The summed E-state index contributed by atoms with van der Waals surface area (Å²) < 4.78 is 2.33. The van der Waals surface area contributed by atoms with E-state index in [2.05, 4.69) is 45.8 Å². The van der Waals surface area contributed by atoms with Gasteiger partial charge >= 0.3 is 0 Å². The van der Waals surface area contributed by atoms with Crippen LogP contribution >= 0.6 is 11.3 Å². The largest absolute Gasteiger partial charge is 0.314 e. The van der Waals surface area contributed by atoms with Crippen molar-refractivity contribution in [3.63, 3.8) is 0 Å². The van der Waals surface area contributed by atoms with E-state index >= 15 is 0 Å². The first-order valence-corrected chi connectivity index (χ1v) is 7.91. The van der Waals surface area contributed by atoms with Gasteiger partial charge < -0.3 is 5.32 Å². The predicted octanol–water partition coefficient (Wildman–Crippen LogP) is 1.85. The summed E-state index contributed by atoms with van der Waals surface area (Å²) >= 11 is 1.74. The Bertz CT molecular complexity index is 565. The second kappa shape index (κ2) is 5.23. The minimum atomic E-state index is 0.583. The number of hydrogen-bond donors (Lipinski definition) is 1. The number of nitrogens with zero attached hydrogens (tertiary/aromatic N) is 3. The van der Waals surface area contributed by atoms with Crippen molar-refractivity contribution < 1.29 is 0 Å². The highest BCUT2D eigenvalue weighted by molar-refractivity contribution is 7.15. The van der Waals surface area contributed by atoms with Crippen LogP contribution in [0, 0.1) is 13.8 Å². The Balaban J connectivity index is 1.83. The van der Waals surface area contributed by atoms with Crippen LogP contribution in [0.3, 0.4) is 0 Å². The van der Waals surface area contributed by atoms with Crippen molar-refractivity contribution in [2.75, 3.05) is 26.2 Å². The molecule has 4 nitrogen and oxygen atoms in total. The van der Waals surface area contributed by atoms with Gasteiger partial charge in [0.1, 0.15) is 0 Å². The quantitative estimate of drug-likeness (QED) is 0.930. The van der Waals surface area contributed by atoms with Gasteiger partial charge in [-0.05, 0) is 20.8 Å². The summed E-state index contributed by atoms with van der Waals surface area (Å²) in [5.41, 5.74) is 3.89. The van der Waals surface area contributed by atoms with Crippen LogP contribution in [-0.4, -0.2) is 46.5 Å². The fraction of sp³-hybridized carbons (Fsp3) is 0.643.